The Hall–Kier alpha value is -3.59. The first-order valence-electron chi connectivity index (χ1n) is 8.90. The SMILES string of the molecule is O=C1COc2ccc(-c3csc(NC(=O)c4cccc5c4OCCO5)n3)cc2N1. The summed E-state index contributed by atoms with van der Waals surface area (Å²) in [5.41, 5.74) is 2.49. The molecule has 2 aromatic carbocycles. The average molecular weight is 409 g/mol. The van der Waals surface area contributed by atoms with Crippen molar-refractivity contribution in [2.45, 2.75) is 0 Å². The van der Waals surface area contributed by atoms with Crippen molar-refractivity contribution in [3.8, 4) is 28.5 Å². The maximum Gasteiger partial charge on any atom is 0.262 e. The molecule has 0 saturated heterocycles. The zero-order valence-electron chi connectivity index (χ0n) is 15.1. The summed E-state index contributed by atoms with van der Waals surface area (Å²) in [6.07, 6.45) is 0. The maximum absolute atomic E-state index is 12.7. The summed E-state index contributed by atoms with van der Waals surface area (Å²) in [5, 5.41) is 7.87. The van der Waals surface area contributed by atoms with Crippen LogP contribution in [-0.4, -0.2) is 36.6 Å². The van der Waals surface area contributed by atoms with Gasteiger partial charge in [0.25, 0.3) is 11.8 Å². The van der Waals surface area contributed by atoms with Gasteiger partial charge in [-0.05, 0) is 30.3 Å². The molecule has 146 valence electrons. The van der Waals surface area contributed by atoms with Gasteiger partial charge in [-0.2, -0.15) is 0 Å². The van der Waals surface area contributed by atoms with E-state index in [1.807, 2.05) is 11.4 Å². The van der Waals surface area contributed by atoms with Gasteiger partial charge in [0.1, 0.15) is 19.0 Å². The lowest BCUT2D eigenvalue weighted by Gasteiger charge is -2.20. The van der Waals surface area contributed by atoms with Crippen molar-refractivity contribution in [1.82, 2.24) is 4.98 Å². The molecule has 0 unspecified atom stereocenters. The van der Waals surface area contributed by atoms with Gasteiger partial charge in [0.05, 0.1) is 16.9 Å². The number of nitrogens with one attached hydrogen (secondary N) is 2. The molecule has 0 aliphatic carbocycles. The predicted molar refractivity (Wildman–Crippen MR) is 107 cm³/mol. The second-order valence-electron chi connectivity index (χ2n) is 6.37. The first kappa shape index (κ1) is 17.5. The van der Waals surface area contributed by atoms with Crippen molar-refractivity contribution < 1.29 is 23.8 Å². The molecule has 0 radical (unpaired) electrons. The molecule has 8 nitrogen and oxygen atoms in total. The number of aromatic nitrogens is 1. The third-order valence-corrected chi connectivity index (χ3v) is 5.20. The molecule has 2 amide bonds. The number of hydrogen-bond donors (Lipinski definition) is 2. The van der Waals surface area contributed by atoms with Gasteiger partial charge in [-0.3, -0.25) is 14.9 Å². The Labute approximate surface area is 169 Å². The van der Waals surface area contributed by atoms with Gasteiger partial charge in [0.2, 0.25) is 0 Å². The minimum absolute atomic E-state index is 0.0111. The Kier molecular flexibility index (Phi) is 4.28. The fourth-order valence-corrected chi connectivity index (χ4v) is 3.84. The number of benzene rings is 2. The molecule has 9 heteroatoms. The number of rotatable bonds is 3. The van der Waals surface area contributed by atoms with Gasteiger partial charge in [0, 0.05) is 10.9 Å². The highest BCUT2D eigenvalue weighted by Gasteiger charge is 2.21. The van der Waals surface area contributed by atoms with Crippen LogP contribution >= 0.6 is 11.3 Å². The quantitative estimate of drug-likeness (QED) is 0.690. The van der Waals surface area contributed by atoms with Crippen LogP contribution in [0, 0.1) is 0 Å². The molecule has 5 rings (SSSR count). The molecule has 0 fully saturated rings. The number of anilines is 2. The number of hydrogen-bond acceptors (Lipinski definition) is 7. The molecule has 3 aromatic rings. The molecule has 0 bridgehead atoms. The van der Waals surface area contributed by atoms with Crippen LogP contribution in [0.5, 0.6) is 17.2 Å². The predicted octanol–water partition coefficient (Wildman–Crippen LogP) is 3.16. The van der Waals surface area contributed by atoms with Crippen molar-refractivity contribution in [2.75, 3.05) is 30.5 Å². The van der Waals surface area contributed by atoms with Crippen LogP contribution in [0.15, 0.2) is 41.8 Å². The van der Waals surface area contributed by atoms with Crippen molar-refractivity contribution in [3.63, 3.8) is 0 Å². The van der Waals surface area contributed by atoms with E-state index in [1.165, 1.54) is 11.3 Å². The minimum Gasteiger partial charge on any atom is -0.486 e. The van der Waals surface area contributed by atoms with Crippen molar-refractivity contribution in [3.05, 3.63) is 47.3 Å². The molecule has 0 atom stereocenters. The number of amides is 2. The Bertz CT molecular complexity index is 1130. The Morgan fingerprint density at radius 2 is 2.00 bits per heavy atom. The van der Waals surface area contributed by atoms with Crippen LogP contribution in [0.1, 0.15) is 10.4 Å². The standard InChI is InChI=1S/C20H15N3O5S/c24-17-9-28-15-5-4-11(8-13(15)21-17)14-10-29-20(22-14)23-19(25)12-2-1-3-16-18(12)27-7-6-26-16/h1-5,8,10H,6-7,9H2,(H,21,24)(H,22,23,25). The zero-order valence-corrected chi connectivity index (χ0v) is 15.9. The van der Waals surface area contributed by atoms with Gasteiger partial charge in [-0.15, -0.1) is 11.3 Å². The number of para-hydroxylation sites is 1. The highest BCUT2D eigenvalue weighted by atomic mass is 32.1. The molecular weight excluding hydrogens is 394 g/mol. The highest BCUT2D eigenvalue weighted by molar-refractivity contribution is 7.14. The van der Waals surface area contributed by atoms with Gasteiger partial charge in [-0.1, -0.05) is 6.07 Å². The molecule has 2 N–H and O–H groups in total. The normalized spacial score (nSPS) is 14.4. The second kappa shape index (κ2) is 7.10. The lowest BCUT2D eigenvalue weighted by atomic mass is 10.1. The molecule has 3 heterocycles. The number of fused-ring (bicyclic) bond motifs is 2. The highest BCUT2D eigenvalue weighted by Crippen LogP contribution is 2.36. The van der Waals surface area contributed by atoms with Crippen LogP contribution in [0.3, 0.4) is 0 Å². The summed E-state index contributed by atoms with van der Waals surface area (Å²) in [7, 11) is 0. The molecule has 0 spiro atoms. The third kappa shape index (κ3) is 3.36. The average Bonchev–Trinajstić information content (AvgIpc) is 3.21. The number of carbonyl (C=O) groups excluding carboxylic acids is 2. The van der Waals surface area contributed by atoms with Crippen molar-refractivity contribution in [2.24, 2.45) is 0 Å². The topological polar surface area (TPSA) is 98.8 Å². The molecule has 1 aromatic heterocycles. The Morgan fingerprint density at radius 3 is 2.93 bits per heavy atom. The number of thiazole rings is 1. The van der Waals surface area contributed by atoms with Crippen LogP contribution < -0.4 is 24.8 Å². The van der Waals surface area contributed by atoms with Gasteiger partial charge in [-0.25, -0.2) is 4.98 Å². The van der Waals surface area contributed by atoms with E-state index in [0.29, 0.717) is 52.5 Å². The summed E-state index contributed by atoms with van der Waals surface area (Å²) in [5.74, 6) is 1.10. The van der Waals surface area contributed by atoms with E-state index in [9.17, 15) is 9.59 Å². The summed E-state index contributed by atoms with van der Waals surface area (Å²) >= 11 is 1.31. The monoisotopic (exact) mass is 409 g/mol. The first-order valence-corrected chi connectivity index (χ1v) is 9.78. The number of carbonyl (C=O) groups is 2. The molecule has 29 heavy (non-hydrogen) atoms. The first-order chi connectivity index (χ1) is 14.2. The number of ether oxygens (including phenoxy) is 3. The Balaban J connectivity index is 1.37. The summed E-state index contributed by atoms with van der Waals surface area (Å²) in [6, 6.07) is 10.6. The third-order valence-electron chi connectivity index (χ3n) is 4.44. The zero-order chi connectivity index (χ0) is 19.8. The molecular formula is C20H15N3O5S. The fourth-order valence-electron chi connectivity index (χ4n) is 3.12. The molecule has 0 saturated carbocycles. The van der Waals surface area contributed by atoms with Crippen molar-refractivity contribution in [1.29, 1.82) is 0 Å². The lowest BCUT2D eigenvalue weighted by Crippen LogP contribution is -2.25. The number of nitrogens with zero attached hydrogens (tertiary/aromatic N) is 1. The van der Waals surface area contributed by atoms with E-state index >= 15 is 0 Å². The second-order valence-corrected chi connectivity index (χ2v) is 7.23. The fraction of sp³-hybridized carbons (Fsp3) is 0.150. The van der Waals surface area contributed by atoms with E-state index in [-0.39, 0.29) is 18.4 Å². The summed E-state index contributed by atoms with van der Waals surface area (Å²) in [4.78, 5) is 28.7. The van der Waals surface area contributed by atoms with E-state index in [2.05, 4.69) is 15.6 Å². The van der Waals surface area contributed by atoms with Gasteiger partial charge < -0.3 is 19.5 Å². The molecule has 2 aliphatic heterocycles. The minimum atomic E-state index is -0.320. The van der Waals surface area contributed by atoms with E-state index in [0.717, 1.165) is 5.56 Å². The van der Waals surface area contributed by atoms with Crippen LogP contribution in [0.25, 0.3) is 11.3 Å². The van der Waals surface area contributed by atoms with E-state index in [4.69, 9.17) is 14.2 Å². The van der Waals surface area contributed by atoms with Crippen molar-refractivity contribution >= 4 is 34.0 Å². The van der Waals surface area contributed by atoms with E-state index in [1.54, 1.807) is 30.3 Å². The largest absolute Gasteiger partial charge is 0.486 e. The molecule has 2 aliphatic rings. The van der Waals surface area contributed by atoms with Gasteiger partial charge >= 0.3 is 0 Å². The maximum atomic E-state index is 12.7. The smallest absolute Gasteiger partial charge is 0.262 e. The van der Waals surface area contributed by atoms with Crippen LogP contribution in [0.2, 0.25) is 0 Å². The van der Waals surface area contributed by atoms with Crippen LogP contribution in [-0.2, 0) is 4.79 Å². The van der Waals surface area contributed by atoms with E-state index < -0.39 is 0 Å². The summed E-state index contributed by atoms with van der Waals surface area (Å²) < 4.78 is 16.5. The summed E-state index contributed by atoms with van der Waals surface area (Å²) in [6.45, 7) is 0.870. The lowest BCUT2D eigenvalue weighted by molar-refractivity contribution is -0.118. The van der Waals surface area contributed by atoms with Gasteiger partial charge in [0.15, 0.2) is 23.2 Å². The van der Waals surface area contributed by atoms with Crippen LogP contribution in [0.4, 0.5) is 10.8 Å². The Morgan fingerprint density at radius 1 is 1.10 bits per heavy atom.